The monoisotopic (exact) mass is 294 g/mol. The Labute approximate surface area is 128 Å². The first-order valence-electron chi connectivity index (χ1n) is 8.49. The molecule has 0 aromatic heterocycles. The molecule has 21 heavy (non-hydrogen) atoms. The van der Waals surface area contributed by atoms with Crippen molar-refractivity contribution >= 4 is 11.8 Å². The Balaban J connectivity index is 2.41. The Morgan fingerprint density at radius 1 is 1.19 bits per heavy atom. The van der Waals surface area contributed by atoms with Gasteiger partial charge in [-0.1, -0.05) is 47.5 Å². The average Bonchev–Trinajstić information content (AvgIpc) is 2.84. The Morgan fingerprint density at radius 2 is 1.76 bits per heavy atom. The molecule has 1 N–H and O–H groups in total. The lowest BCUT2D eigenvalue weighted by molar-refractivity contribution is -0.161. The average molecular weight is 294 g/mol. The molecule has 1 saturated carbocycles. The van der Waals surface area contributed by atoms with Crippen molar-refractivity contribution in [1.29, 1.82) is 0 Å². The molecular weight excluding hydrogens is 264 g/mol. The summed E-state index contributed by atoms with van der Waals surface area (Å²) < 4.78 is 0. The summed E-state index contributed by atoms with van der Waals surface area (Å²) >= 11 is 0. The van der Waals surface area contributed by atoms with Crippen molar-refractivity contribution in [3.8, 4) is 0 Å². The Kier molecular flexibility index (Phi) is 4.64. The van der Waals surface area contributed by atoms with E-state index in [2.05, 4.69) is 26.1 Å². The highest BCUT2D eigenvalue weighted by Crippen LogP contribution is 2.37. The second-order valence-corrected chi connectivity index (χ2v) is 7.40. The molecule has 4 heteroatoms. The van der Waals surface area contributed by atoms with Gasteiger partial charge in [0.25, 0.3) is 0 Å². The highest BCUT2D eigenvalue weighted by Gasteiger charge is 2.54. The van der Waals surface area contributed by atoms with E-state index >= 15 is 0 Å². The van der Waals surface area contributed by atoms with Crippen molar-refractivity contribution in [3.05, 3.63) is 0 Å². The molecule has 1 aliphatic carbocycles. The van der Waals surface area contributed by atoms with Gasteiger partial charge in [0.05, 0.1) is 0 Å². The standard InChI is InChI=1S/C17H30N2O2/c1-6-13(11(2)3)19-14(12(4)5)15(20)18-17(16(19)21)9-7-8-10-17/h11-14H,6-10H2,1-5H3,(H,18,20). The number of piperazine rings is 1. The molecule has 1 saturated heterocycles. The Hall–Kier alpha value is -1.06. The quantitative estimate of drug-likeness (QED) is 0.866. The number of carbonyl (C=O) groups excluding carboxylic acids is 2. The van der Waals surface area contributed by atoms with Crippen LogP contribution < -0.4 is 5.32 Å². The smallest absolute Gasteiger partial charge is 0.249 e. The maximum Gasteiger partial charge on any atom is 0.249 e. The van der Waals surface area contributed by atoms with Gasteiger partial charge in [-0.3, -0.25) is 9.59 Å². The highest BCUT2D eigenvalue weighted by molar-refractivity contribution is 6.00. The van der Waals surface area contributed by atoms with Crippen LogP contribution in [0.25, 0.3) is 0 Å². The number of hydrogen-bond donors (Lipinski definition) is 1. The molecule has 2 atom stereocenters. The maximum absolute atomic E-state index is 13.2. The number of rotatable bonds is 4. The molecule has 2 unspecified atom stereocenters. The van der Waals surface area contributed by atoms with Crippen LogP contribution in [-0.4, -0.2) is 34.3 Å². The third kappa shape index (κ3) is 2.69. The minimum atomic E-state index is -0.606. The largest absolute Gasteiger partial charge is 0.340 e. The van der Waals surface area contributed by atoms with Gasteiger partial charge in [-0.25, -0.2) is 0 Å². The van der Waals surface area contributed by atoms with E-state index in [1.807, 2.05) is 18.7 Å². The van der Waals surface area contributed by atoms with Crippen LogP contribution in [0.2, 0.25) is 0 Å². The van der Waals surface area contributed by atoms with Gasteiger partial charge in [0, 0.05) is 6.04 Å². The first-order valence-corrected chi connectivity index (χ1v) is 8.49. The summed E-state index contributed by atoms with van der Waals surface area (Å²) in [6.45, 7) is 10.5. The van der Waals surface area contributed by atoms with Gasteiger partial charge in [-0.2, -0.15) is 0 Å². The van der Waals surface area contributed by atoms with E-state index in [-0.39, 0.29) is 29.8 Å². The second-order valence-electron chi connectivity index (χ2n) is 7.40. The molecule has 2 amide bonds. The van der Waals surface area contributed by atoms with Crippen LogP contribution in [0.4, 0.5) is 0 Å². The van der Waals surface area contributed by atoms with Crippen LogP contribution in [0.5, 0.6) is 0 Å². The third-order valence-electron chi connectivity index (χ3n) is 5.21. The van der Waals surface area contributed by atoms with Crippen molar-refractivity contribution < 1.29 is 9.59 Å². The summed E-state index contributed by atoms with van der Waals surface area (Å²) in [4.78, 5) is 27.9. The van der Waals surface area contributed by atoms with E-state index in [1.165, 1.54) is 0 Å². The first-order chi connectivity index (χ1) is 9.84. The number of nitrogens with one attached hydrogen (secondary N) is 1. The summed E-state index contributed by atoms with van der Waals surface area (Å²) in [7, 11) is 0. The van der Waals surface area contributed by atoms with Crippen molar-refractivity contribution in [3.63, 3.8) is 0 Å². The molecule has 2 aliphatic rings. The molecular formula is C17H30N2O2. The lowest BCUT2D eigenvalue weighted by Gasteiger charge is -2.50. The van der Waals surface area contributed by atoms with E-state index in [0.717, 1.165) is 32.1 Å². The van der Waals surface area contributed by atoms with E-state index in [9.17, 15) is 9.59 Å². The van der Waals surface area contributed by atoms with Crippen LogP contribution in [0.1, 0.15) is 66.7 Å². The van der Waals surface area contributed by atoms with Crippen LogP contribution in [0.3, 0.4) is 0 Å². The zero-order chi connectivity index (χ0) is 15.8. The molecule has 2 rings (SSSR count). The van der Waals surface area contributed by atoms with Gasteiger partial charge in [0.2, 0.25) is 11.8 Å². The second kappa shape index (κ2) is 5.98. The summed E-state index contributed by atoms with van der Waals surface area (Å²) in [6.07, 6.45) is 4.56. The fourth-order valence-corrected chi connectivity index (χ4v) is 4.15. The number of hydrogen-bond acceptors (Lipinski definition) is 2. The summed E-state index contributed by atoms with van der Waals surface area (Å²) in [5.74, 6) is 0.717. The van der Waals surface area contributed by atoms with E-state index in [4.69, 9.17) is 0 Å². The Morgan fingerprint density at radius 3 is 2.19 bits per heavy atom. The molecule has 1 aliphatic heterocycles. The highest BCUT2D eigenvalue weighted by atomic mass is 16.2. The lowest BCUT2D eigenvalue weighted by atomic mass is 9.84. The first kappa shape index (κ1) is 16.3. The molecule has 0 radical (unpaired) electrons. The number of nitrogens with zero attached hydrogens (tertiary/aromatic N) is 1. The normalized spacial score (nSPS) is 26.8. The molecule has 0 aromatic rings. The van der Waals surface area contributed by atoms with Gasteiger partial charge < -0.3 is 10.2 Å². The van der Waals surface area contributed by atoms with E-state index in [1.54, 1.807) is 0 Å². The van der Waals surface area contributed by atoms with Gasteiger partial charge in [-0.05, 0) is 31.1 Å². The fourth-order valence-electron chi connectivity index (χ4n) is 4.15. The fraction of sp³-hybridized carbons (Fsp3) is 0.882. The number of carbonyl (C=O) groups is 2. The van der Waals surface area contributed by atoms with Crippen molar-refractivity contribution in [2.24, 2.45) is 11.8 Å². The van der Waals surface area contributed by atoms with Gasteiger partial charge in [-0.15, -0.1) is 0 Å². The predicted molar refractivity (Wildman–Crippen MR) is 83.7 cm³/mol. The number of amides is 2. The minimum absolute atomic E-state index is 0.0469. The third-order valence-corrected chi connectivity index (χ3v) is 5.21. The predicted octanol–water partition coefficient (Wildman–Crippen LogP) is 2.72. The van der Waals surface area contributed by atoms with Gasteiger partial charge >= 0.3 is 0 Å². The molecule has 2 fully saturated rings. The van der Waals surface area contributed by atoms with Crippen molar-refractivity contribution in [2.75, 3.05) is 0 Å². The van der Waals surface area contributed by atoms with Gasteiger partial charge in [0.15, 0.2) is 0 Å². The summed E-state index contributed by atoms with van der Waals surface area (Å²) in [6, 6.07) is -0.176. The van der Waals surface area contributed by atoms with Crippen LogP contribution in [0.15, 0.2) is 0 Å². The van der Waals surface area contributed by atoms with Crippen molar-refractivity contribution in [2.45, 2.75) is 84.3 Å². The van der Waals surface area contributed by atoms with Crippen LogP contribution in [0, 0.1) is 11.8 Å². The Bertz CT molecular complexity index is 411. The molecule has 1 spiro atoms. The molecule has 4 nitrogen and oxygen atoms in total. The molecule has 0 aromatic carbocycles. The minimum Gasteiger partial charge on any atom is -0.340 e. The van der Waals surface area contributed by atoms with E-state index in [0.29, 0.717) is 5.92 Å². The SMILES string of the molecule is CCC(C(C)C)N1C(=O)C2(CCCC2)NC(=O)C1C(C)C. The summed E-state index contributed by atoms with van der Waals surface area (Å²) in [5, 5.41) is 3.09. The van der Waals surface area contributed by atoms with E-state index < -0.39 is 5.54 Å². The van der Waals surface area contributed by atoms with Crippen LogP contribution in [-0.2, 0) is 9.59 Å². The molecule has 120 valence electrons. The maximum atomic E-state index is 13.2. The van der Waals surface area contributed by atoms with Crippen molar-refractivity contribution in [1.82, 2.24) is 10.2 Å². The zero-order valence-corrected chi connectivity index (χ0v) is 14.1. The molecule has 1 heterocycles. The zero-order valence-electron chi connectivity index (χ0n) is 14.1. The molecule has 0 bridgehead atoms. The summed E-state index contributed by atoms with van der Waals surface area (Å²) in [5.41, 5.74) is -0.606. The van der Waals surface area contributed by atoms with Crippen LogP contribution >= 0.6 is 0 Å². The lowest BCUT2D eigenvalue weighted by Crippen LogP contribution is -2.72. The van der Waals surface area contributed by atoms with Gasteiger partial charge in [0.1, 0.15) is 11.6 Å². The topological polar surface area (TPSA) is 49.4 Å².